The average Bonchev–Trinajstić information content (AvgIpc) is 3.17. The van der Waals surface area contributed by atoms with Gasteiger partial charge in [-0.05, 0) is 80.3 Å². The largest absolute Gasteiger partial charge is 0.462 e. The number of aryl methyl sites for hydroxylation is 2. The van der Waals surface area contributed by atoms with Crippen LogP contribution in [0.4, 0.5) is 0 Å². The van der Waals surface area contributed by atoms with Crippen LogP contribution in [0.15, 0.2) is 23.4 Å². The lowest BCUT2D eigenvalue weighted by atomic mass is 9.48. The van der Waals surface area contributed by atoms with Crippen molar-refractivity contribution in [2.75, 3.05) is 0 Å². The third kappa shape index (κ3) is 3.22. The number of aromatic nitrogens is 2. The smallest absolute Gasteiger partial charge is 0.302 e. The van der Waals surface area contributed by atoms with Gasteiger partial charge in [0.2, 0.25) is 0 Å². The summed E-state index contributed by atoms with van der Waals surface area (Å²) in [6.07, 6.45) is 13.5. The molecular weight excluding hydrogens is 400 g/mol. The van der Waals surface area contributed by atoms with Gasteiger partial charge in [-0.1, -0.05) is 25.5 Å². The summed E-state index contributed by atoms with van der Waals surface area (Å²) in [7, 11) is 1.93. The van der Waals surface area contributed by atoms with Crippen molar-refractivity contribution in [3.8, 4) is 0 Å². The summed E-state index contributed by atoms with van der Waals surface area (Å²) in [5.41, 5.74) is 4.47. The Hall–Kier alpha value is -2.17. The maximum Gasteiger partial charge on any atom is 0.302 e. The molecule has 0 N–H and O–H groups in total. The number of ether oxygens (including phenoxy) is 1. The van der Waals surface area contributed by atoms with E-state index >= 15 is 0 Å². The van der Waals surface area contributed by atoms with E-state index in [0.717, 1.165) is 61.8 Å². The fourth-order valence-corrected chi connectivity index (χ4v) is 7.71. The molecule has 1 aromatic heterocycles. The summed E-state index contributed by atoms with van der Waals surface area (Å²) in [5, 5.41) is 4.45. The highest BCUT2D eigenvalue weighted by molar-refractivity contribution is 6.06. The Bertz CT molecular complexity index is 1030. The fourth-order valence-electron chi connectivity index (χ4n) is 7.71. The van der Waals surface area contributed by atoms with Gasteiger partial charge in [0.15, 0.2) is 5.78 Å². The van der Waals surface area contributed by atoms with E-state index in [2.05, 4.69) is 31.1 Å². The minimum absolute atomic E-state index is 0.0301. The van der Waals surface area contributed by atoms with Crippen LogP contribution in [-0.2, 0) is 21.4 Å². The maximum atomic E-state index is 13.6. The van der Waals surface area contributed by atoms with Crippen molar-refractivity contribution in [1.82, 2.24) is 9.78 Å². The van der Waals surface area contributed by atoms with E-state index in [1.165, 1.54) is 12.5 Å². The van der Waals surface area contributed by atoms with Gasteiger partial charge in [0.05, 0.1) is 5.69 Å². The van der Waals surface area contributed by atoms with Crippen LogP contribution in [0.1, 0.15) is 77.0 Å². The van der Waals surface area contributed by atoms with Gasteiger partial charge in [0, 0.05) is 37.6 Å². The molecule has 4 aliphatic carbocycles. The Morgan fingerprint density at radius 2 is 1.94 bits per heavy atom. The second kappa shape index (κ2) is 7.43. The molecule has 5 heteroatoms. The van der Waals surface area contributed by atoms with E-state index in [9.17, 15) is 9.59 Å². The minimum atomic E-state index is -0.236. The van der Waals surface area contributed by atoms with Crippen LogP contribution >= 0.6 is 0 Å². The SMILES string of the molecule is CC(=O)O[C@H]1CC[C@@]2(C)C(=CC[C@@H]3[C@H]4C/C(=C\c5cn(C)nc5C)C(=O)[C@]4(C)CC[C@H]32)C1. The number of hydrogen-bond acceptors (Lipinski definition) is 4. The number of carbonyl (C=O) groups excluding carboxylic acids is 2. The van der Waals surface area contributed by atoms with Crippen molar-refractivity contribution in [2.45, 2.75) is 78.7 Å². The molecule has 0 saturated heterocycles. The van der Waals surface area contributed by atoms with E-state index in [-0.39, 0.29) is 22.9 Å². The van der Waals surface area contributed by atoms with Gasteiger partial charge in [-0.3, -0.25) is 14.3 Å². The first kappa shape index (κ1) is 21.7. The van der Waals surface area contributed by atoms with Crippen molar-refractivity contribution in [1.29, 1.82) is 0 Å². The number of carbonyl (C=O) groups is 2. The predicted octanol–water partition coefficient (Wildman–Crippen LogP) is 5.19. The van der Waals surface area contributed by atoms with Crippen LogP contribution in [0, 0.1) is 35.5 Å². The summed E-state index contributed by atoms with van der Waals surface area (Å²) < 4.78 is 7.39. The van der Waals surface area contributed by atoms with Crippen LogP contribution in [0.3, 0.4) is 0 Å². The number of fused-ring (bicyclic) bond motifs is 5. The second-order valence-electron chi connectivity index (χ2n) is 11.2. The van der Waals surface area contributed by atoms with Gasteiger partial charge in [-0.2, -0.15) is 5.10 Å². The van der Waals surface area contributed by atoms with Gasteiger partial charge < -0.3 is 4.74 Å². The van der Waals surface area contributed by atoms with E-state index in [0.29, 0.717) is 23.5 Å². The van der Waals surface area contributed by atoms with Crippen LogP contribution in [0.25, 0.3) is 6.08 Å². The number of nitrogens with zero attached hydrogens (tertiary/aromatic N) is 2. The first-order valence-electron chi connectivity index (χ1n) is 12.2. The zero-order chi connectivity index (χ0) is 22.8. The number of esters is 1. The number of rotatable bonds is 2. The Morgan fingerprint density at radius 1 is 1.19 bits per heavy atom. The van der Waals surface area contributed by atoms with E-state index in [1.54, 1.807) is 0 Å². The summed E-state index contributed by atoms with van der Waals surface area (Å²) >= 11 is 0. The second-order valence-corrected chi connectivity index (χ2v) is 11.2. The van der Waals surface area contributed by atoms with E-state index < -0.39 is 0 Å². The highest BCUT2D eigenvalue weighted by atomic mass is 16.5. The lowest BCUT2D eigenvalue weighted by Crippen LogP contribution is -2.50. The molecule has 32 heavy (non-hydrogen) atoms. The fraction of sp³-hybridized carbons (Fsp3) is 0.667. The monoisotopic (exact) mass is 436 g/mol. The maximum absolute atomic E-state index is 13.6. The Balaban J connectivity index is 1.43. The number of ketones is 1. The molecule has 3 fully saturated rings. The van der Waals surface area contributed by atoms with Gasteiger partial charge in [-0.15, -0.1) is 0 Å². The first-order chi connectivity index (χ1) is 15.1. The third-order valence-electron chi connectivity index (χ3n) is 9.41. The Kier molecular flexibility index (Phi) is 5.03. The predicted molar refractivity (Wildman–Crippen MR) is 124 cm³/mol. The van der Waals surface area contributed by atoms with Crippen molar-refractivity contribution in [3.05, 3.63) is 34.7 Å². The van der Waals surface area contributed by atoms with E-state index in [4.69, 9.17) is 4.74 Å². The molecule has 4 aliphatic rings. The highest BCUT2D eigenvalue weighted by Crippen LogP contribution is 2.64. The minimum Gasteiger partial charge on any atom is -0.462 e. The summed E-state index contributed by atoms with van der Waals surface area (Å²) in [4.78, 5) is 25.1. The Labute approximate surface area is 191 Å². The lowest BCUT2D eigenvalue weighted by molar-refractivity contribution is -0.148. The number of hydrogen-bond donors (Lipinski definition) is 0. The van der Waals surface area contributed by atoms with Crippen LogP contribution in [0.5, 0.6) is 0 Å². The quantitative estimate of drug-likeness (QED) is 0.364. The third-order valence-corrected chi connectivity index (χ3v) is 9.41. The molecule has 0 spiro atoms. The lowest BCUT2D eigenvalue weighted by Gasteiger charge is -2.56. The summed E-state index contributed by atoms with van der Waals surface area (Å²) in [5.74, 6) is 1.78. The average molecular weight is 437 g/mol. The van der Waals surface area contributed by atoms with Gasteiger partial charge in [0.1, 0.15) is 6.10 Å². The van der Waals surface area contributed by atoms with Crippen molar-refractivity contribution in [3.63, 3.8) is 0 Å². The molecule has 5 rings (SSSR count). The van der Waals surface area contributed by atoms with Crippen molar-refractivity contribution >= 4 is 17.8 Å². The molecule has 172 valence electrons. The van der Waals surface area contributed by atoms with Crippen LogP contribution in [-0.4, -0.2) is 27.6 Å². The molecule has 0 bridgehead atoms. The molecular formula is C27H36N2O3. The molecule has 0 aliphatic heterocycles. The highest BCUT2D eigenvalue weighted by Gasteiger charge is 2.60. The topological polar surface area (TPSA) is 61.2 Å². The van der Waals surface area contributed by atoms with Crippen LogP contribution < -0.4 is 0 Å². The van der Waals surface area contributed by atoms with Crippen LogP contribution in [0.2, 0.25) is 0 Å². The molecule has 6 atom stereocenters. The molecule has 3 saturated carbocycles. The summed E-state index contributed by atoms with van der Waals surface area (Å²) in [6, 6.07) is 0. The van der Waals surface area contributed by atoms with E-state index in [1.807, 2.05) is 24.9 Å². The normalized spacial score (nSPS) is 39.8. The number of allylic oxidation sites excluding steroid dienone is 2. The zero-order valence-electron chi connectivity index (χ0n) is 20.1. The van der Waals surface area contributed by atoms with Gasteiger partial charge in [0.25, 0.3) is 0 Å². The molecule has 0 aromatic carbocycles. The van der Waals surface area contributed by atoms with Gasteiger partial charge in [-0.25, -0.2) is 0 Å². The standard InChI is InChI=1S/C27H36N2O3/c1-16-19(15-29(5)28-16)12-18-13-24-22-7-6-20-14-21(32-17(2)30)8-10-26(20,3)23(22)9-11-27(24,4)25(18)31/h6,12,15,21-24H,7-11,13-14H2,1-5H3/b18-12+/t21-,22-,23+,24+,26-,27+/m0/s1. The first-order valence-corrected chi connectivity index (χ1v) is 12.2. The van der Waals surface area contributed by atoms with Crippen molar-refractivity contribution in [2.24, 2.45) is 35.6 Å². The van der Waals surface area contributed by atoms with Crippen molar-refractivity contribution < 1.29 is 14.3 Å². The zero-order valence-corrected chi connectivity index (χ0v) is 20.1. The molecule has 1 heterocycles. The molecule has 0 amide bonds. The molecule has 0 unspecified atom stereocenters. The molecule has 1 aromatic rings. The molecule has 5 nitrogen and oxygen atoms in total. The number of Topliss-reactive ketones (excluding diaryl/α,β-unsaturated/α-hetero) is 1. The molecule has 0 radical (unpaired) electrons. The van der Waals surface area contributed by atoms with Gasteiger partial charge >= 0.3 is 5.97 Å². The summed E-state index contributed by atoms with van der Waals surface area (Å²) in [6.45, 7) is 8.19. The Morgan fingerprint density at radius 3 is 2.62 bits per heavy atom.